The Morgan fingerprint density at radius 2 is 1.88 bits per heavy atom. The summed E-state index contributed by atoms with van der Waals surface area (Å²) in [6.45, 7) is 0.169. The summed E-state index contributed by atoms with van der Waals surface area (Å²) in [5.41, 5.74) is 0.915. The van der Waals surface area contributed by atoms with Gasteiger partial charge in [0.05, 0.1) is 22.1 Å². The van der Waals surface area contributed by atoms with Crippen LogP contribution < -0.4 is 5.32 Å². The van der Waals surface area contributed by atoms with E-state index in [1.807, 2.05) is 30.3 Å². The number of nitro benzene ring substituents is 1. The quantitative estimate of drug-likeness (QED) is 0.441. The molecule has 8 heteroatoms. The van der Waals surface area contributed by atoms with Crippen molar-refractivity contribution in [2.24, 2.45) is 0 Å². The van der Waals surface area contributed by atoms with Crippen LogP contribution in [0.1, 0.15) is 16.1 Å². The van der Waals surface area contributed by atoms with Gasteiger partial charge in [-0.25, -0.2) is 0 Å². The van der Waals surface area contributed by atoms with Crippen molar-refractivity contribution < 1.29 is 14.1 Å². The lowest BCUT2D eigenvalue weighted by molar-refractivity contribution is -0.384. The second-order valence-corrected chi connectivity index (χ2v) is 6.70. The molecule has 0 aliphatic rings. The average molecular weight is 436 g/mol. The van der Waals surface area contributed by atoms with E-state index >= 15 is 0 Å². The molecule has 0 aliphatic heterocycles. The first-order chi connectivity index (χ1) is 12.4. The number of nitrogens with one attached hydrogen (secondary N) is 1. The predicted molar refractivity (Wildman–Crippen MR) is 101 cm³/mol. The first-order valence-corrected chi connectivity index (χ1v) is 8.68. The molecule has 0 saturated carbocycles. The molecule has 3 rings (SSSR count). The van der Waals surface area contributed by atoms with E-state index in [-0.39, 0.29) is 22.8 Å². The molecule has 2 aromatic carbocycles. The van der Waals surface area contributed by atoms with Crippen LogP contribution in [-0.2, 0) is 6.54 Å². The Hall–Kier alpha value is -2.64. The summed E-state index contributed by atoms with van der Waals surface area (Å²) >= 11 is 9.33. The molecule has 1 N–H and O–H groups in total. The summed E-state index contributed by atoms with van der Waals surface area (Å²) in [4.78, 5) is 22.4. The van der Waals surface area contributed by atoms with Gasteiger partial charge in [-0.3, -0.25) is 14.9 Å². The highest BCUT2D eigenvalue weighted by Crippen LogP contribution is 2.25. The van der Waals surface area contributed by atoms with E-state index < -0.39 is 10.8 Å². The second kappa shape index (κ2) is 7.72. The van der Waals surface area contributed by atoms with E-state index in [9.17, 15) is 14.9 Å². The first-order valence-electron chi connectivity index (χ1n) is 7.51. The van der Waals surface area contributed by atoms with Gasteiger partial charge in [0.1, 0.15) is 11.5 Å². The van der Waals surface area contributed by atoms with Crippen LogP contribution in [0, 0.1) is 10.1 Å². The number of halogens is 2. The molecule has 0 unspecified atom stereocenters. The maximum absolute atomic E-state index is 12.2. The number of carbonyl (C=O) groups is 1. The fourth-order valence-electron chi connectivity index (χ4n) is 2.31. The molecule has 1 amide bonds. The van der Waals surface area contributed by atoms with Crippen molar-refractivity contribution in [1.82, 2.24) is 5.32 Å². The fourth-order valence-corrected chi connectivity index (χ4v) is 2.83. The number of nitro groups is 1. The Morgan fingerprint density at radius 3 is 2.54 bits per heavy atom. The van der Waals surface area contributed by atoms with Crippen molar-refractivity contribution in [3.63, 3.8) is 0 Å². The molecule has 1 aromatic heterocycles. The van der Waals surface area contributed by atoms with E-state index in [1.54, 1.807) is 6.07 Å². The molecule has 26 heavy (non-hydrogen) atoms. The second-order valence-electron chi connectivity index (χ2n) is 5.38. The number of carbonyl (C=O) groups excluding carboxylic acids is 1. The number of hydrogen-bond donors (Lipinski definition) is 1. The summed E-state index contributed by atoms with van der Waals surface area (Å²) in [7, 11) is 0. The SMILES string of the molecule is O=C(NCc1ccc(-c2ccc(Br)cc2)o1)c1ccc([N+](=O)[O-])cc1Cl. The predicted octanol–water partition coefficient (Wildman–Crippen LogP) is 5.20. The van der Waals surface area contributed by atoms with Crippen LogP contribution in [0.25, 0.3) is 11.3 Å². The van der Waals surface area contributed by atoms with Gasteiger partial charge in [0, 0.05) is 22.2 Å². The normalized spacial score (nSPS) is 10.5. The van der Waals surface area contributed by atoms with Crippen LogP contribution in [-0.4, -0.2) is 10.8 Å². The molecule has 1 heterocycles. The smallest absolute Gasteiger partial charge is 0.270 e. The van der Waals surface area contributed by atoms with E-state index in [2.05, 4.69) is 21.2 Å². The molecule has 0 radical (unpaired) electrons. The van der Waals surface area contributed by atoms with Gasteiger partial charge in [0.25, 0.3) is 11.6 Å². The topological polar surface area (TPSA) is 85.4 Å². The van der Waals surface area contributed by atoms with Gasteiger partial charge in [-0.15, -0.1) is 0 Å². The lowest BCUT2D eigenvalue weighted by atomic mass is 10.2. The van der Waals surface area contributed by atoms with Crippen molar-refractivity contribution in [2.75, 3.05) is 0 Å². The van der Waals surface area contributed by atoms with Gasteiger partial charge in [0.2, 0.25) is 0 Å². The highest BCUT2D eigenvalue weighted by atomic mass is 79.9. The molecule has 0 aliphatic carbocycles. The maximum Gasteiger partial charge on any atom is 0.270 e. The minimum Gasteiger partial charge on any atom is -0.459 e. The summed E-state index contributed by atoms with van der Waals surface area (Å²) in [5, 5.41) is 13.4. The number of rotatable bonds is 5. The largest absolute Gasteiger partial charge is 0.459 e. The molecule has 0 atom stereocenters. The fraction of sp³-hybridized carbons (Fsp3) is 0.0556. The minimum atomic E-state index is -0.569. The summed E-state index contributed by atoms with van der Waals surface area (Å²) < 4.78 is 6.70. The van der Waals surface area contributed by atoms with E-state index in [0.717, 1.165) is 16.1 Å². The zero-order valence-corrected chi connectivity index (χ0v) is 15.6. The van der Waals surface area contributed by atoms with E-state index in [1.165, 1.54) is 12.1 Å². The monoisotopic (exact) mass is 434 g/mol. The van der Waals surface area contributed by atoms with Crippen molar-refractivity contribution in [1.29, 1.82) is 0 Å². The van der Waals surface area contributed by atoms with Gasteiger partial charge in [-0.05, 0) is 30.3 Å². The summed E-state index contributed by atoms with van der Waals surface area (Å²) in [6.07, 6.45) is 0. The van der Waals surface area contributed by atoms with E-state index in [4.69, 9.17) is 16.0 Å². The first kappa shape index (κ1) is 18.2. The molecular weight excluding hydrogens is 424 g/mol. The number of furan rings is 1. The standard InChI is InChI=1S/C18H12BrClN2O4/c19-12-3-1-11(2-4-12)17-8-6-14(26-17)10-21-18(23)15-7-5-13(22(24)25)9-16(15)20/h1-9H,10H2,(H,21,23). The maximum atomic E-state index is 12.2. The number of non-ortho nitro benzene ring substituents is 1. The van der Waals surface area contributed by atoms with Crippen LogP contribution in [0.2, 0.25) is 5.02 Å². The lowest BCUT2D eigenvalue weighted by Gasteiger charge is -2.05. The molecule has 0 saturated heterocycles. The van der Waals surface area contributed by atoms with Gasteiger partial charge in [-0.2, -0.15) is 0 Å². The van der Waals surface area contributed by atoms with E-state index in [0.29, 0.717) is 11.5 Å². The Bertz CT molecular complexity index is 970. The Kier molecular flexibility index (Phi) is 5.39. The van der Waals surface area contributed by atoms with Crippen molar-refractivity contribution in [3.05, 3.63) is 85.5 Å². The van der Waals surface area contributed by atoms with Gasteiger partial charge < -0.3 is 9.73 Å². The Labute approximate surface area is 162 Å². The van der Waals surface area contributed by atoms with Gasteiger partial charge >= 0.3 is 0 Å². The lowest BCUT2D eigenvalue weighted by Crippen LogP contribution is -2.22. The third-order valence-corrected chi connectivity index (χ3v) is 4.46. The highest BCUT2D eigenvalue weighted by Gasteiger charge is 2.15. The third-order valence-electron chi connectivity index (χ3n) is 3.62. The highest BCUT2D eigenvalue weighted by molar-refractivity contribution is 9.10. The van der Waals surface area contributed by atoms with Gasteiger partial charge in [-0.1, -0.05) is 39.7 Å². The molecule has 0 spiro atoms. The molecular formula is C18H12BrClN2O4. The third kappa shape index (κ3) is 4.12. The number of hydrogen-bond acceptors (Lipinski definition) is 4. The molecule has 6 nitrogen and oxygen atoms in total. The Balaban J connectivity index is 1.67. The van der Waals surface area contributed by atoms with Crippen LogP contribution in [0.4, 0.5) is 5.69 Å². The number of nitrogens with zero attached hydrogens (tertiary/aromatic N) is 1. The number of benzene rings is 2. The van der Waals surface area contributed by atoms with Gasteiger partial charge in [0.15, 0.2) is 0 Å². The number of amides is 1. The zero-order chi connectivity index (χ0) is 18.7. The molecule has 0 fully saturated rings. The van der Waals surface area contributed by atoms with Crippen LogP contribution >= 0.6 is 27.5 Å². The Morgan fingerprint density at radius 1 is 1.15 bits per heavy atom. The molecule has 132 valence electrons. The van der Waals surface area contributed by atoms with Crippen molar-refractivity contribution >= 4 is 39.1 Å². The van der Waals surface area contributed by atoms with Crippen LogP contribution in [0.5, 0.6) is 0 Å². The molecule has 3 aromatic rings. The zero-order valence-electron chi connectivity index (χ0n) is 13.2. The summed E-state index contributed by atoms with van der Waals surface area (Å²) in [6, 6.07) is 15.0. The molecule has 0 bridgehead atoms. The van der Waals surface area contributed by atoms with Crippen molar-refractivity contribution in [3.8, 4) is 11.3 Å². The van der Waals surface area contributed by atoms with Crippen LogP contribution in [0.3, 0.4) is 0 Å². The van der Waals surface area contributed by atoms with Crippen molar-refractivity contribution in [2.45, 2.75) is 6.54 Å². The summed E-state index contributed by atoms with van der Waals surface area (Å²) in [5.74, 6) is 0.830. The van der Waals surface area contributed by atoms with Crippen LogP contribution in [0.15, 0.2) is 63.5 Å². The average Bonchev–Trinajstić information content (AvgIpc) is 3.09. The minimum absolute atomic E-state index is 0.0201.